The molecule has 1 aliphatic rings. The lowest BCUT2D eigenvalue weighted by atomic mass is 9.77. The van der Waals surface area contributed by atoms with E-state index in [1.807, 2.05) is 90.6 Å². The molecular weight excluding hydrogens is 681 g/mol. The van der Waals surface area contributed by atoms with Gasteiger partial charge in [-0.2, -0.15) is 10.2 Å². The standard InChI is InChI=1S/C47H42N6O2/c1-33-28-34(25-27-48-33)44-41-29-35(45(54)50-40-21-13-26-46(55,30-40)32-52-42-22-12-11-14-36(42)31-49-52)23-24-43(41)53(51-44)47(37-15-5-2-6-16-37,38-17-7-3-8-18-38)39-19-9-4-10-20-39/h2-12,14-20,22-25,27-29,31,40,55H,13,21,26,30,32H2,1H3,(H,50,54). The van der Waals surface area contributed by atoms with Crippen molar-refractivity contribution in [2.45, 2.75) is 56.3 Å². The van der Waals surface area contributed by atoms with Crippen LogP contribution in [0.1, 0.15) is 58.4 Å². The van der Waals surface area contributed by atoms with Crippen molar-refractivity contribution in [3.63, 3.8) is 0 Å². The zero-order chi connectivity index (χ0) is 37.4. The molecule has 1 saturated carbocycles. The van der Waals surface area contributed by atoms with E-state index in [1.165, 1.54) is 0 Å². The van der Waals surface area contributed by atoms with Crippen LogP contribution in [0.3, 0.4) is 0 Å². The van der Waals surface area contributed by atoms with Crippen LogP contribution in [-0.2, 0) is 12.1 Å². The molecule has 2 unspecified atom stereocenters. The summed E-state index contributed by atoms with van der Waals surface area (Å²) in [7, 11) is 0. The number of fused-ring (bicyclic) bond motifs is 2. The molecule has 1 aliphatic carbocycles. The summed E-state index contributed by atoms with van der Waals surface area (Å²) in [6.07, 6.45) is 6.34. The van der Waals surface area contributed by atoms with Gasteiger partial charge in [0.1, 0.15) is 11.2 Å². The number of para-hydroxylation sites is 1. The quantitative estimate of drug-likeness (QED) is 0.145. The second kappa shape index (κ2) is 14.1. The van der Waals surface area contributed by atoms with Gasteiger partial charge >= 0.3 is 0 Å². The van der Waals surface area contributed by atoms with E-state index in [1.54, 1.807) is 6.20 Å². The van der Waals surface area contributed by atoms with Crippen LogP contribution in [0.25, 0.3) is 33.1 Å². The molecule has 1 fully saturated rings. The monoisotopic (exact) mass is 722 g/mol. The number of nitrogens with zero attached hydrogens (tertiary/aromatic N) is 5. The summed E-state index contributed by atoms with van der Waals surface area (Å²) in [5.74, 6) is -0.175. The Labute approximate surface area is 320 Å². The molecule has 1 amide bonds. The van der Waals surface area contributed by atoms with Gasteiger partial charge in [-0.25, -0.2) is 4.68 Å². The normalized spacial score (nSPS) is 17.4. The number of aromatic nitrogens is 5. The van der Waals surface area contributed by atoms with Gasteiger partial charge in [0.25, 0.3) is 5.91 Å². The van der Waals surface area contributed by atoms with Crippen LogP contribution in [0.5, 0.6) is 0 Å². The van der Waals surface area contributed by atoms with E-state index >= 15 is 0 Å². The number of amides is 1. The Kier molecular flexibility index (Phi) is 8.83. The molecule has 3 heterocycles. The lowest BCUT2D eigenvalue weighted by Crippen LogP contribution is -2.47. The summed E-state index contributed by atoms with van der Waals surface area (Å²) in [6, 6.07) is 49.2. The van der Waals surface area contributed by atoms with E-state index in [4.69, 9.17) is 5.10 Å². The molecule has 8 aromatic rings. The Balaban J connectivity index is 1.14. The zero-order valence-corrected chi connectivity index (χ0v) is 30.7. The average Bonchev–Trinajstić information content (AvgIpc) is 3.81. The van der Waals surface area contributed by atoms with Gasteiger partial charge in [-0.3, -0.25) is 14.5 Å². The molecule has 0 saturated heterocycles. The molecule has 8 nitrogen and oxygen atoms in total. The molecule has 2 atom stereocenters. The van der Waals surface area contributed by atoms with Crippen LogP contribution in [0.15, 0.2) is 158 Å². The number of benzene rings is 5. The molecule has 0 bridgehead atoms. The first kappa shape index (κ1) is 34.4. The van der Waals surface area contributed by atoms with Crippen molar-refractivity contribution in [3.8, 4) is 11.3 Å². The summed E-state index contributed by atoms with van der Waals surface area (Å²) < 4.78 is 4.02. The van der Waals surface area contributed by atoms with E-state index in [-0.39, 0.29) is 11.9 Å². The molecule has 8 heteroatoms. The maximum absolute atomic E-state index is 14.2. The fourth-order valence-electron chi connectivity index (χ4n) is 8.63. The fourth-order valence-corrected chi connectivity index (χ4v) is 8.63. The first-order valence-corrected chi connectivity index (χ1v) is 19.0. The second-order valence-electron chi connectivity index (χ2n) is 14.8. The predicted octanol–water partition coefficient (Wildman–Crippen LogP) is 8.70. The molecular formula is C47H42N6O2. The van der Waals surface area contributed by atoms with Crippen LogP contribution in [0.2, 0.25) is 0 Å². The van der Waals surface area contributed by atoms with Gasteiger partial charge in [0.15, 0.2) is 0 Å². The minimum absolute atomic E-state index is 0.175. The van der Waals surface area contributed by atoms with E-state index in [0.717, 1.165) is 68.3 Å². The number of nitrogens with one attached hydrogen (secondary N) is 1. The molecule has 2 N–H and O–H groups in total. The van der Waals surface area contributed by atoms with Crippen molar-refractivity contribution in [2.75, 3.05) is 0 Å². The largest absolute Gasteiger partial charge is 0.388 e. The molecule has 0 radical (unpaired) electrons. The molecule has 0 spiro atoms. The van der Waals surface area contributed by atoms with Crippen molar-refractivity contribution >= 4 is 27.7 Å². The number of aryl methyl sites for hydroxylation is 1. The van der Waals surface area contributed by atoms with E-state index < -0.39 is 11.1 Å². The van der Waals surface area contributed by atoms with Crippen LogP contribution in [0, 0.1) is 6.92 Å². The number of hydrogen-bond donors (Lipinski definition) is 2. The highest BCUT2D eigenvalue weighted by molar-refractivity contribution is 6.02. The van der Waals surface area contributed by atoms with Crippen molar-refractivity contribution < 1.29 is 9.90 Å². The van der Waals surface area contributed by atoms with E-state index in [9.17, 15) is 9.90 Å². The second-order valence-corrected chi connectivity index (χ2v) is 14.8. The highest BCUT2D eigenvalue weighted by atomic mass is 16.3. The van der Waals surface area contributed by atoms with Crippen LogP contribution in [-0.4, -0.2) is 47.2 Å². The van der Waals surface area contributed by atoms with Crippen molar-refractivity contribution in [1.82, 2.24) is 29.9 Å². The first-order chi connectivity index (χ1) is 26.9. The minimum Gasteiger partial charge on any atom is -0.388 e. The summed E-state index contributed by atoms with van der Waals surface area (Å²) in [5, 5.41) is 27.1. The maximum Gasteiger partial charge on any atom is 0.251 e. The van der Waals surface area contributed by atoms with Crippen LogP contribution in [0.4, 0.5) is 0 Å². The van der Waals surface area contributed by atoms with E-state index in [0.29, 0.717) is 24.9 Å². The van der Waals surface area contributed by atoms with Gasteiger partial charge in [-0.1, -0.05) is 109 Å². The number of aliphatic hydroxyl groups is 1. The van der Waals surface area contributed by atoms with Gasteiger partial charge in [0.2, 0.25) is 0 Å². The molecule has 55 heavy (non-hydrogen) atoms. The number of hydrogen-bond acceptors (Lipinski definition) is 5. The first-order valence-electron chi connectivity index (χ1n) is 19.0. The molecule has 272 valence electrons. The molecule has 0 aliphatic heterocycles. The van der Waals surface area contributed by atoms with Gasteiger partial charge < -0.3 is 10.4 Å². The summed E-state index contributed by atoms with van der Waals surface area (Å²) in [4.78, 5) is 18.7. The van der Waals surface area contributed by atoms with Crippen molar-refractivity contribution in [2.24, 2.45) is 0 Å². The van der Waals surface area contributed by atoms with Gasteiger partial charge in [-0.05, 0) is 85.7 Å². The Morgan fingerprint density at radius 1 is 0.818 bits per heavy atom. The minimum atomic E-state index is -0.988. The third kappa shape index (κ3) is 6.28. The Bertz CT molecular complexity index is 2520. The van der Waals surface area contributed by atoms with Gasteiger partial charge in [0.05, 0.1) is 29.4 Å². The van der Waals surface area contributed by atoms with Crippen LogP contribution >= 0.6 is 0 Å². The highest BCUT2D eigenvalue weighted by Gasteiger charge is 2.41. The summed E-state index contributed by atoms with van der Waals surface area (Å²) in [5.41, 5.74) is 6.32. The molecule has 9 rings (SSSR count). The molecule has 5 aromatic carbocycles. The van der Waals surface area contributed by atoms with Gasteiger partial charge in [-0.15, -0.1) is 0 Å². The lowest BCUT2D eigenvalue weighted by molar-refractivity contribution is -0.0227. The summed E-state index contributed by atoms with van der Waals surface area (Å²) >= 11 is 0. The van der Waals surface area contributed by atoms with Gasteiger partial charge in [0, 0.05) is 39.8 Å². The average molecular weight is 723 g/mol. The number of rotatable bonds is 9. The number of carbonyl (C=O) groups excluding carboxylic acids is 1. The third-order valence-electron chi connectivity index (χ3n) is 11.2. The number of pyridine rings is 1. The lowest BCUT2D eigenvalue weighted by Gasteiger charge is -2.37. The Morgan fingerprint density at radius 3 is 2.15 bits per heavy atom. The SMILES string of the molecule is Cc1cc(-c2nn(C(c3ccccc3)(c3ccccc3)c3ccccc3)c3ccc(C(=O)NC4CCCC(O)(Cn5ncc6ccccc65)C4)cc23)ccn1. The zero-order valence-electron chi connectivity index (χ0n) is 30.7. The third-order valence-corrected chi connectivity index (χ3v) is 11.2. The maximum atomic E-state index is 14.2. The predicted molar refractivity (Wildman–Crippen MR) is 217 cm³/mol. The Morgan fingerprint density at radius 2 is 1.47 bits per heavy atom. The fraction of sp³-hybridized carbons (Fsp3) is 0.191. The van der Waals surface area contributed by atoms with Crippen molar-refractivity contribution in [1.29, 1.82) is 0 Å². The highest BCUT2D eigenvalue weighted by Crippen LogP contribution is 2.44. The van der Waals surface area contributed by atoms with Crippen LogP contribution < -0.4 is 5.32 Å². The summed E-state index contributed by atoms with van der Waals surface area (Å²) in [6.45, 7) is 2.35. The number of carbonyl (C=O) groups is 1. The topological polar surface area (TPSA) is 97.9 Å². The van der Waals surface area contributed by atoms with E-state index in [2.05, 4.69) is 92.9 Å². The Hall–Kier alpha value is -6.38. The smallest absolute Gasteiger partial charge is 0.251 e. The van der Waals surface area contributed by atoms with Crippen molar-refractivity contribution in [3.05, 3.63) is 186 Å². The molecule has 3 aromatic heterocycles.